The largest absolute Gasteiger partial charge is 0.481 e. The predicted molar refractivity (Wildman–Crippen MR) is 56.6 cm³/mol. The van der Waals surface area contributed by atoms with E-state index in [0.717, 1.165) is 0 Å². The third-order valence-electron chi connectivity index (χ3n) is 2.68. The van der Waals surface area contributed by atoms with Gasteiger partial charge in [-0.05, 0) is 6.92 Å². The molecule has 5 N–H and O–H groups in total. The lowest BCUT2D eigenvalue weighted by atomic mass is 9.99. The summed E-state index contributed by atoms with van der Waals surface area (Å²) < 4.78 is 10.2. The van der Waals surface area contributed by atoms with E-state index in [4.69, 9.17) is 19.7 Å². The van der Waals surface area contributed by atoms with Gasteiger partial charge in [0, 0.05) is 0 Å². The van der Waals surface area contributed by atoms with Crippen molar-refractivity contribution in [3.05, 3.63) is 0 Å². The first-order chi connectivity index (χ1) is 8.36. The van der Waals surface area contributed by atoms with Crippen LogP contribution in [0.5, 0.6) is 0 Å². The standard InChI is InChI=1S/C10H18O8/c1-4(2-6(12)13)17-10-9(16)8(15)7(14)5(3-11)18-10/h4-5,7-11,14-16H,2-3H2,1H3,(H,12,13)/t4-,5?,7+,8+,9?,10+/m1/s1. The Morgan fingerprint density at radius 1 is 1.28 bits per heavy atom. The highest BCUT2D eigenvalue weighted by molar-refractivity contribution is 5.67. The molecular formula is C10H18O8. The summed E-state index contributed by atoms with van der Waals surface area (Å²) >= 11 is 0. The van der Waals surface area contributed by atoms with E-state index in [1.54, 1.807) is 0 Å². The molecule has 2 unspecified atom stereocenters. The second kappa shape index (κ2) is 6.41. The van der Waals surface area contributed by atoms with Crippen LogP contribution in [0.4, 0.5) is 0 Å². The van der Waals surface area contributed by atoms with Crippen LogP contribution >= 0.6 is 0 Å². The Kier molecular flexibility index (Phi) is 5.45. The minimum Gasteiger partial charge on any atom is -0.481 e. The average Bonchev–Trinajstić information content (AvgIpc) is 2.29. The second-order valence-electron chi connectivity index (χ2n) is 4.24. The van der Waals surface area contributed by atoms with E-state index in [-0.39, 0.29) is 6.42 Å². The molecule has 1 fully saturated rings. The number of carbonyl (C=O) groups is 1. The van der Waals surface area contributed by atoms with E-state index in [2.05, 4.69) is 0 Å². The molecular weight excluding hydrogens is 248 g/mol. The molecule has 106 valence electrons. The molecule has 0 radical (unpaired) electrons. The van der Waals surface area contributed by atoms with Crippen LogP contribution in [-0.2, 0) is 14.3 Å². The van der Waals surface area contributed by atoms with E-state index in [0.29, 0.717) is 0 Å². The van der Waals surface area contributed by atoms with Crippen molar-refractivity contribution in [2.45, 2.75) is 50.2 Å². The first kappa shape index (κ1) is 15.3. The van der Waals surface area contributed by atoms with E-state index >= 15 is 0 Å². The summed E-state index contributed by atoms with van der Waals surface area (Å²) in [5.74, 6) is -1.08. The number of aliphatic hydroxyl groups excluding tert-OH is 4. The average molecular weight is 266 g/mol. The Labute approximate surface area is 103 Å². The minimum absolute atomic E-state index is 0.297. The van der Waals surface area contributed by atoms with E-state index in [1.165, 1.54) is 6.92 Å². The lowest BCUT2D eigenvalue weighted by molar-refractivity contribution is -0.310. The third-order valence-corrected chi connectivity index (χ3v) is 2.68. The summed E-state index contributed by atoms with van der Waals surface area (Å²) in [6.45, 7) is 0.910. The monoisotopic (exact) mass is 266 g/mol. The smallest absolute Gasteiger partial charge is 0.305 e. The molecule has 1 aliphatic heterocycles. The number of ether oxygens (including phenoxy) is 2. The predicted octanol–water partition coefficient (Wildman–Crippen LogP) is -2.33. The fourth-order valence-corrected chi connectivity index (χ4v) is 1.70. The van der Waals surface area contributed by atoms with E-state index < -0.39 is 49.4 Å². The zero-order valence-corrected chi connectivity index (χ0v) is 9.84. The number of carboxylic acids is 1. The van der Waals surface area contributed by atoms with Crippen LogP contribution < -0.4 is 0 Å². The number of carboxylic acid groups (broad SMARTS) is 1. The molecule has 0 spiro atoms. The molecule has 0 aromatic rings. The summed E-state index contributed by atoms with van der Waals surface area (Å²) in [4.78, 5) is 10.5. The van der Waals surface area contributed by atoms with Gasteiger partial charge in [-0.15, -0.1) is 0 Å². The Morgan fingerprint density at radius 3 is 2.39 bits per heavy atom. The Morgan fingerprint density at radius 2 is 1.89 bits per heavy atom. The number of aliphatic carboxylic acids is 1. The second-order valence-corrected chi connectivity index (χ2v) is 4.24. The Balaban J connectivity index is 2.61. The molecule has 6 atom stereocenters. The summed E-state index contributed by atoms with van der Waals surface area (Å²) in [6, 6.07) is 0. The lowest BCUT2D eigenvalue weighted by Crippen LogP contribution is -2.59. The lowest BCUT2D eigenvalue weighted by Gasteiger charge is -2.40. The SMILES string of the molecule is C[C@H](CC(=O)O)O[C@H]1OC(CO)[C@H](O)[C@H](O)C1O. The van der Waals surface area contributed by atoms with Gasteiger partial charge in [0.25, 0.3) is 0 Å². The molecule has 8 nitrogen and oxygen atoms in total. The van der Waals surface area contributed by atoms with Crippen LogP contribution in [0.25, 0.3) is 0 Å². The fourth-order valence-electron chi connectivity index (χ4n) is 1.70. The zero-order chi connectivity index (χ0) is 13.9. The number of rotatable bonds is 5. The van der Waals surface area contributed by atoms with Crippen LogP contribution in [0.3, 0.4) is 0 Å². The van der Waals surface area contributed by atoms with Crippen molar-refractivity contribution in [2.75, 3.05) is 6.61 Å². The van der Waals surface area contributed by atoms with Crippen molar-refractivity contribution in [1.29, 1.82) is 0 Å². The molecule has 8 heteroatoms. The van der Waals surface area contributed by atoms with Gasteiger partial charge in [0.1, 0.15) is 24.4 Å². The Bertz CT molecular complexity index is 281. The van der Waals surface area contributed by atoms with Gasteiger partial charge < -0.3 is 35.0 Å². The maximum absolute atomic E-state index is 10.5. The maximum Gasteiger partial charge on any atom is 0.305 e. The molecule has 0 aliphatic carbocycles. The third kappa shape index (κ3) is 3.61. The summed E-state index contributed by atoms with van der Waals surface area (Å²) in [7, 11) is 0. The molecule has 0 aromatic heterocycles. The molecule has 18 heavy (non-hydrogen) atoms. The van der Waals surface area contributed by atoms with E-state index in [9.17, 15) is 20.1 Å². The van der Waals surface area contributed by atoms with Gasteiger partial charge in [0.05, 0.1) is 19.1 Å². The fraction of sp³-hybridized carbons (Fsp3) is 0.900. The van der Waals surface area contributed by atoms with Crippen LogP contribution in [0, 0.1) is 0 Å². The van der Waals surface area contributed by atoms with Crippen LogP contribution in [0.2, 0.25) is 0 Å². The van der Waals surface area contributed by atoms with Gasteiger partial charge in [0.15, 0.2) is 6.29 Å². The topological polar surface area (TPSA) is 137 Å². The number of hydrogen-bond acceptors (Lipinski definition) is 7. The molecule has 1 rings (SSSR count). The zero-order valence-electron chi connectivity index (χ0n) is 9.84. The van der Waals surface area contributed by atoms with Gasteiger partial charge in [-0.1, -0.05) is 0 Å². The van der Waals surface area contributed by atoms with Gasteiger partial charge in [0.2, 0.25) is 0 Å². The minimum atomic E-state index is -1.53. The van der Waals surface area contributed by atoms with Crippen LogP contribution in [0.15, 0.2) is 0 Å². The van der Waals surface area contributed by atoms with Crippen molar-refractivity contribution in [3.63, 3.8) is 0 Å². The maximum atomic E-state index is 10.5. The summed E-state index contributed by atoms with van der Waals surface area (Å²) in [5, 5.41) is 46.1. The van der Waals surface area contributed by atoms with Crippen molar-refractivity contribution in [1.82, 2.24) is 0 Å². The first-order valence-electron chi connectivity index (χ1n) is 5.54. The van der Waals surface area contributed by atoms with Crippen molar-refractivity contribution < 1.29 is 39.8 Å². The van der Waals surface area contributed by atoms with Crippen molar-refractivity contribution >= 4 is 5.97 Å². The molecule has 1 aliphatic rings. The quantitative estimate of drug-likeness (QED) is 0.373. The summed E-state index contributed by atoms with van der Waals surface area (Å²) in [6.07, 6.45) is -7.91. The molecule has 1 heterocycles. The van der Waals surface area contributed by atoms with Gasteiger partial charge >= 0.3 is 5.97 Å². The molecule has 0 saturated carbocycles. The molecule has 0 bridgehead atoms. The highest BCUT2D eigenvalue weighted by Crippen LogP contribution is 2.23. The number of hydrogen-bond donors (Lipinski definition) is 5. The number of aliphatic hydroxyl groups is 4. The summed E-state index contributed by atoms with van der Waals surface area (Å²) in [5.41, 5.74) is 0. The van der Waals surface area contributed by atoms with Gasteiger partial charge in [-0.25, -0.2) is 0 Å². The highest BCUT2D eigenvalue weighted by atomic mass is 16.7. The van der Waals surface area contributed by atoms with Crippen LogP contribution in [0.1, 0.15) is 13.3 Å². The molecule has 1 saturated heterocycles. The van der Waals surface area contributed by atoms with Gasteiger partial charge in [-0.2, -0.15) is 0 Å². The Hall–Kier alpha value is -0.770. The van der Waals surface area contributed by atoms with Crippen LogP contribution in [-0.4, -0.2) is 74.9 Å². The van der Waals surface area contributed by atoms with Crippen molar-refractivity contribution in [2.24, 2.45) is 0 Å². The highest BCUT2D eigenvalue weighted by Gasteiger charge is 2.44. The molecule has 0 amide bonds. The van der Waals surface area contributed by atoms with Gasteiger partial charge in [-0.3, -0.25) is 4.79 Å². The van der Waals surface area contributed by atoms with E-state index in [1.807, 2.05) is 0 Å². The van der Waals surface area contributed by atoms with Crippen molar-refractivity contribution in [3.8, 4) is 0 Å². The normalized spacial score (nSPS) is 38.4. The first-order valence-corrected chi connectivity index (χ1v) is 5.54. The molecule has 0 aromatic carbocycles.